The molecule has 7 aromatic carbocycles. The lowest BCUT2D eigenvalue weighted by atomic mass is 9.57. The van der Waals surface area contributed by atoms with E-state index in [1.54, 1.807) is 0 Å². The van der Waals surface area contributed by atoms with Crippen LogP contribution >= 0.6 is 0 Å². The minimum absolute atomic E-state index is 0.131. The summed E-state index contributed by atoms with van der Waals surface area (Å²) in [5.41, 5.74) is 14.6. The van der Waals surface area contributed by atoms with Crippen LogP contribution in [0.5, 0.6) is 0 Å². The summed E-state index contributed by atoms with van der Waals surface area (Å²) in [5.74, 6) is 0.230. The zero-order valence-electron chi connectivity index (χ0n) is 28.0. The van der Waals surface area contributed by atoms with Crippen LogP contribution in [0.4, 0.5) is 17.1 Å². The van der Waals surface area contributed by atoms with E-state index in [-0.39, 0.29) is 12.9 Å². The zero-order valence-corrected chi connectivity index (χ0v) is 28.0. The van der Waals surface area contributed by atoms with Crippen LogP contribution in [0.25, 0.3) is 49.7 Å². The van der Waals surface area contributed by atoms with E-state index >= 15 is 0 Å². The number of hydrogen-bond donors (Lipinski definition) is 1. The second-order valence-electron chi connectivity index (χ2n) is 13.3. The van der Waals surface area contributed by atoms with Crippen molar-refractivity contribution in [1.82, 2.24) is 4.57 Å². The molecule has 1 aromatic heterocycles. The molecule has 1 aliphatic carbocycles. The highest BCUT2D eigenvalue weighted by Crippen LogP contribution is 2.43. The summed E-state index contributed by atoms with van der Waals surface area (Å²) in [6.07, 6.45) is 8.91. The van der Waals surface area contributed by atoms with Gasteiger partial charge in [-0.15, -0.1) is 0 Å². The van der Waals surface area contributed by atoms with Crippen LogP contribution in [0.15, 0.2) is 194 Å². The first-order valence-electron chi connectivity index (χ1n) is 17.7. The van der Waals surface area contributed by atoms with Gasteiger partial charge in [0.2, 0.25) is 0 Å². The fourth-order valence-corrected chi connectivity index (χ4v) is 8.27. The number of hydrogen-bond acceptors (Lipinski definition) is 2. The van der Waals surface area contributed by atoms with Crippen LogP contribution < -0.4 is 15.5 Å². The fraction of sp³-hybridized carbons (Fsp3) is 0.0213. The van der Waals surface area contributed by atoms with Gasteiger partial charge >= 0.3 is 6.98 Å². The summed E-state index contributed by atoms with van der Waals surface area (Å²) < 4.78 is 2.39. The summed E-state index contributed by atoms with van der Waals surface area (Å²) in [5, 5.41) is 6.50. The molecule has 4 heteroatoms. The minimum atomic E-state index is -0.131. The summed E-state index contributed by atoms with van der Waals surface area (Å²) in [6, 6.07) is 61.5. The second-order valence-corrected chi connectivity index (χ2v) is 13.3. The minimum Gasteiger partial charge on any atom is -0.405 e. The number of nitrogens with zero attached hydrogens (tertiary/aromatic N) is 2. The van der Waals surface area contributed by atoms with Gasteiger partial charge in [0.25, 0.3) is 0 Å². The highest BCUT2D eigenvalue weighted by Gasteiger charge is 2.39. The maximum atomic E-state index is 3.97. The third kappa shape index (κ3) is 4.83. The Balaban J connectivity index is 1.14. The molecule has 240 valence electrons. The molecule has 0 unspecified atom stereocenters. The molecule has 0 atom stereocenters. The SMILES string of the molecule is C1=CC(c2cccc3c2B(Nc2ccccc2)N(c2ccc(-c4cccc5c4c4ccccc4n5-c4ccccc4)cc2)c2ccccc2-3)C=C1. The van der Waals surface area contributed by atoms with E-state index in [0.717, 1.165) is 11.4 Å². The largest absolute Gasteiger partial charge is 0.414 e. The first kappa shape index (κ1) is 29.4. The molecule has 0 amide bonds. The van der Waals surface area contributed by atoms with Crippen molar-refractivity contribution in [2.75, 3.05) is 10.0 Å². The molecule has 0 fully saturated rings. The third-order valence-electron chi connectivity index (χ3n) is 10.5. The molecule has 8 aromatic rings. The quantitative estimate of drug-likeness (QED) is 0.181. The molecule has 0 bridgehead atoms. The molecule has 0 saturated heterocycles. The number of fused-ring (bicyclic) bond motifs is 6. The summed E-state index contributed by atoms with van der Waals surface area (Å²) in [6.45, 7) is -0.131. The first-order chi connectivity index (χ1) is 25.3. The van der Waals surface area contributed by atoms with Gasteiger partial charge in [-0.25, -0.2) is 0 Å². The number of benzene rings is 7. The molecule has 2 aliphatic rings. The predicted molar refractivity (Wildman–Crippen MR) is 217 cm³/mol. The van der Waals surface area contributed by atoms with Gasteiger partial charge < -0.3 is 14.6 Å². The summed E-state index contributed by atoms with van der Waals surface area (Å²) in [7, 11) is 0. The molecule has 0 radical (unpaired) electrons. The molecular weight excluding hydrogens is 617 g/mol. The van der Waals surface area contributed by atoms with E-state index in [1.807, 2.05) is 0 Å². The van der Waals surface area contributed by atoms with Gasteiger partial charge in [-0.2, -0.15) is 0 Å². The van der Waals surface area contributed by atoms with E-state index in [2.05, 4.69) is 209 Å². The van der Waals surface area contributed by atoms with Crippen LogP contribution in [0.1, 0.15) is 11.5 Å². The third-order valence-corrected chi connectivity index (χ3v) is 10.5. The Morgan fingerprint density at radius 1 is 0.490 bits per heavy atom. The van der Waals surface area contributed by atoms with E-state index in [0.29, 0.717) is 0 Å². The fourth-order valence-electron chi connectivity index (χ4n) is 8.27. The Labute approximate surface area is 298 Å². The molecular formula is C47H34BN3. The Kier molecular flexibility index (Phi) is 6.99. The van der Waals surface area contributed by atoms with Crippen molar-refractivity contribution in [3.05, 3.63) is 200 Å². The lowest BCUT2D eigenvalue weighted by Crippen LogP contribution is -2.56. The molecule has 10 rings (SSSR count). The Bertz CT molecular complexity index is 2610. The van der Waals surface area contributed by atoms with Crippen molar-refractivity contribution in [2.24, 2.45) is 0 Å². The number of anilines is 3. The normalized spacial score (nSPS) is 13.6. The molecule has 1 N–H and O–H groups in total. The van der Waals surface area contributed by atoms with Crippen LogP contribution in [-0.4, -0.2) is 11.5 Å². The second kappa shape index (κ2) is 12.1. The average Bonchev–Trinajstić information content (AvgIpc) is 3.86. The van der Waals surface area contributed by atoms with Gasteiger partial charge in [0.15, 0.2) is 0 Å². The standard InChI is InChI=1S/C47H34BN3/c1-3-17-35(18-4-1)49-48-47-39(33-15-7-8-16-33)24-13-25-41(47)40-21-9-12-27-44(40)51(48)37-31-29-34(30-32-37)38-23-14-28-45-46(38)42-22-10-11-26-43(42)50(45)36-19-5-2-6-20-36/h1-33,49H. The van der Waals surface area contributed by atoms with Crippen LogP contribution in [0, 0.1) is 0 Å². The van der Waals surface area contributed by atoms with Crippen molar-refractivity contribution >= 4 is 51.3 Å². The highest BCUT2D eigenvalue weighted by atomic mass is 15.2. The average molecular weight is 652 g/mol. The predicted octanol–water partition coefficient (Wildman–Crippen LogP) is 11.3. The van der Waals surface area contributed by atoms with Crippen molar-refractivity contribution in [3.8, 4) is 27.9 Å². The Morgan fingerprint density at radius 3 is 1.96 bits per heavy atom. The van der Waals surface area contributed by atoms with Crippen molar-refractivity contribution in [2.45, 2.75) is 5.92 Å². The molecule has 3 nitrogen and oxygen atoms in total. The van der Waals surface area contributed by atoms with Crippen LogP contribution in [0.2, 0.25) is 0 Å². The Hall–Kier alpha value is -6.52. The Morgan fingerprint density at radius 2 is 1.14 bits per heavy atom. The summed E-state index contributed by atoms with van der Waals surface area (Å²) in [4.78, 5) is 2.49. The topological polar surface area (TPSA) is 20.2 Å². The van der Waals surface area contributed by atoms with E-state index in [4.69, 9.17) is 0 Å². The number of nitrogens with one attached hydrogen (secondary N) is 1. The smallest absolute Gasteiger partial charge is 0.405 e. The first-order valence-corrected chi connectivity index (χ1v) is 17.7. The van der Waals surface area contributed by atoms with Crippen LogP contribution in [-0.2, 0) is 0 Å². The van der Waals surface area contributed by atoms with Crippen molar-refractivity contribution in [3.63, 3.8) is 0 Å². The molecule has 0 spiro atoms. The zero-order chi connectivity index (χ0) is 33.7. The number of allylic oxidation sites excluding steroid dienone is 4. The van der Waals surface area contributed by atoms with Crippen LogP contribution in [0.3, 0.4) is 0 Å². The maximum Gasteiger partial charge on any atom is 0.414 e. The number of rotatable bonds is 6. The van der Waals surface area contributed by atoms with Gasteiger partial charge in [-0.1, -0.05) is 140 Å². The molecule has 2 heterocycles. The van der Waals surface area contributed by atoms with E-state index < -0.39 is 0 Å². The lowest BCUT2D eigenvalue weighted by molar-refractivity contribution is 1.11. The number of aromatic nitrogens is 1. The van der Waals surface area contributed by atoms with Gasteiger partial charge in [-0.3, -0.25) is 0 Å². The summed E-state index contributed by atoms with van der Waals surface area (Å²) >= 11 is 0. The maximum absolute atomic E-state index is 3.97. The molecule has 1 aliphatic heterocycles. The van der Waals surface area contributed by atoms with Crippen molar-refractivity contribution in [1.29, 1.82) is 0 Å². The van der Waals surface area contributed by atoms with Crippen molar-refractivity contribution < 1.29 is 0 Å². The van der Waals surface area contributed by atoms with E-state index in [1.165, 1.54) is 66.5 Å². The highest BCUT2D eigenvalue weighted by molar-refractivity contribution is 6.83. The van der Waals surface area contributed by atoms with Gasteiger partial charge in [-0.05, 0) is 82.3 Å². The molecule has 0 saturated carbocycles. The van der Waals surface area contributed by atoms with Gasteiger partial charge in [0, 0.05) is 45.0 Å². The number of para-hydroxylation sites is 4. The monoisotopic (exact) mass is 651 g/mol. The molecule has 51 heavy (non-hydrogen) atoms. The lowest BCUT2D eigenvalue weighted by Gasteiger charge is -2.40. The van der Waals surface area contributed by atoms with E-state index in [9.17, 15) is 0 Å². The van der Waals surface area contributed by atoms with Gasteiger partial charge in [0.1, 0.15) is 0 Å². The van der Waals surface area contributed by atoms with Gasteiger partial charge in [0.05, 0.1) is 11.0 Å².